The minimum Gasteiger partial charge on any atom is -0.465 e. The zero-order chi connectivity index (χ0) is 14.8. The second-order valence-electron chi connectivity index (χ2n) is 4.57. The van der Waals surface area contributed by atoms with Gasteiger partial charge in [0.05, 0.1) is 25.9 Å². The van der Waals surface area contributed by atoms with Crippen LogP contribution in [0.15, 0.2) is 30.3 Å². The van der Waals surface area contributed by atoms with Crippen molar-refractivity contribution in [1.82, 2.24) is 4.90 Å². The van der Waals surface area contributed by atoms with E-state index in [2.05, 4.69) is 0 Å². The van der Waals surface area contributed by atoms with Crippen molar-refractivity contribution in [2.75, 3.05) is 33.4 Å². The largest absolute Gasteiger partial charge is 0.465 e. The Hall–Kier alpha value is -1.43. The number of ether oxygens (including phenoxy) is 2. The summed E-state index contributed by atoms with van der Waals surface area (Å²) in [5.74, 6) is -0.284. The highest BCUT2D eigenvalue weighted by Crippen LogP contribution is 2.06. The first kappa shape index (κ1) is 16.6. The number of carbonyl (C=O) groups is 1. The highest BCUT2D eigenvalue weighted by Gasteiger charge is 2.16. The first-order valence-electron chi connectivity index (χ1n) is 6.74. The molecule has 1 aromatic carbocycles. The molecule has 1 rings (SSSR count). The predicted molar refractivity (Wildman–Crippen MR) is 76.2 cm³/mol. The van der Waals surface area contributed by atoms with Gasteiger partial charge >= 0.3 is 5.97 Å². The molecule has 0 saturated heterocycles. The average molecular weight is 281 g/mol. The summed E-state index contributed by atoms with van der Waals surface area (Å²) in [5, 5.41) is 9.82. The first-order valence-corrected chi connectivity index (χ1v) is 6.74. The van der Waals surface area contributed by atoms with Crippen LogP contribution in [0.4, 0.5) is 0 Å². The van der Waals surface area contributed by atoms with Crippen LogP contribution >= 0.6 is 0 Å². The standard InChI is InChI=1S/C15H23NO4/c1-3-20-15(18)11-16(10-14(17)12-19-2)9-13-7-5-4-6-8-13/h4-8,14,17H,3,9-12H2,1-2H3/t14-/m1/s1. The number of rotatable bonds is 9. The monoisotopic (exact) mass is 281 g/mol. The average Bonchev–Trinajstić information content (AvgIpc) is 2.40. The number of nitrogens with zero attached hydrogens (tertiary/aromatic N) is 1. The summed E-state index contributed by atoms with van der Waals surface area (Å²) >= 11 is 0. The van der Waals surface area contributed by atoms with Gasteiger partial charge in [-0.3, -0.25) is 9.69 Å². The van der Waals surface area contributed by atoms with Crippen molar-refractivity contribution in [3.63, 3.8) is 0 Å². The number of hydrogen-bond acceptors (Lipinski definition) is 5. The summed E-state index contributed by atoms with van der Waals surface area (Å²) in [6.45, 7) is 3.48. The number of methoxy groups -OCH3 is 1. The summed E-state index contributed by atoms with van der Waals surface area (Å²) in [6.07, 6.45) is -0.627. The van der Waals surface area contributed by atoms with E-state index in [0.717, 1.165) is 5.56 Å². The van der Waals surface area contributed by atoms with Crippen LogP contribution in [0.3, 0.4) is 0 Å². The van der Waals surface area contributed by atoms with Gasteiger partial charge in [0, 0.05) is 20.2 Å². The van der Waals surface area contributed by atoms with E-state index >= 15 is 0 Å². The molecule has 1 aromatic rings. The van der Waals surface area contributed by atoms with Crippen LogP contribution in [0.2, 0.25) is 0 Å². The Morgan fingerprint density at radius 2 is 2.05 bits per heavy atom. The van der Waals surface area contributed by atoms with E-state index in [4.69, 9.17) is 9.47 Å². The van der Waals surface area contributed by atoms with Gasteiger partial charge in [0.25, 0.3) is 0 Å². The lowest BCUT2D eigenvalue weighted by molar-refractivity contribution is -0.145. The quantitative estimate of drug-likeness (QED) is 0.686. The van der Waals surface area contributed by atoms with E-state index in [9.17, 15) is 9.90 Å². The van der Waals surface area contributed by atoms with E-state index in [1.54, 1.807) is 6.92 Å². The minimum atomic E-state index is -0.627. The van der Waals surface area contributed by atoms with E-state index in [1.807, 2.05) is 35.2 Å². The fraction of sp³-hybridized carbons (Fsp3) is 0.533. The number of hydrogen-bond donors (Lipinski definition) is 1. The van der Waals surface area contributed by atoms with E-state index < -0.39 is 6.10 Å². The number of esters is 1. The van der Waals surface area contributed by atoms with Crippen molar-refractivity contribution < 1.29 is 19.4 Å². The molecule has 5 heteroatoms. The molecule has 0 bridgehead atoms. The molecule has 0 fully saturated rings. The van der Waals surface area contributed by atoms with Crippen LogP contribution in [0, 0.1) is 0 Å². The fourth-order valence-electron chi connectivity index (χ4n) is 1.96. The van der Waals surface area contributed by atoms with Crippen LogP contribution in [0.5, 0.6) is 0 Å². The van der Waals surface area contributed by atoms with Crippen LogP contribution in [-0.2, 0) is 20.8 Å². The number of carbonyl (C=O) groups excluding carboxylic acids is 1. The van der Waals surface area contributed by atoms with Crippen LogP contribution in [-0.4, -0.2) is 55.5 Å². The van der Waals surface area contributed by atoms with Gasteiger partial charge in [-0.05, 0) is 12.5 Å². The van der Waals surface area contributed by atoms with Gasteiger partial charge in [0.1, 0.15) is 0 Å². The molecule has 0 aliphatic rings. The Kier molecular flexibility index (Phi) is 7.87. The number of aliphatic hydroxyl groups is 1. The van der Waals surface area contributed by atoms with Gasteiger partial charge in [0.15, 0.2) is 0 Å². The summed E-state index contributed by atoms with van der Waals surface area (Å²) in [7, 11) is 1.54. The van der Waals surface area contributed by atoms with Crippen molar-refractivity contribution in [3.8, 4) is 0 Å². The minimum absolute atomic E-state index is 0.156. The zero-order valence-corrected chi connectivity index (χ0v) is 12.1. The highest BCUT2D eigenvalue weighted by molar-refractivity contribution is 5.71. The van der Waals surface area contributed by atoms with Crippen molar-refractivity contribution in [2.45, 2.75) is 19.6 Å². The summed E-state index contributed by atoms with van der Waals surface area (Å²) in [6, 6.07) is 9.81. The summed E-state index contributed by atoms with van der Waals surface area (Å²) in [4.78, 5) is 13.5. The Balaban J connectivity index is 2.60. The second kappa shape index (κ2) is 9.47. The molecular formula is C15H23NO4. The molecule has 0 spiro atoms. The maximum absolute atomic E-state index is 11.6. The molecule has 20 heavy (non-hydrogen) atoms. The SMILES string of the molecule is CCOC(=O)CN(Cc1ccccc1)C[C@@H](O)COC. The molecule has 1 atom stereocenters. The lowest BCUT2D eigenvalue weighted by Gasteiger charge is -2.24. The second-order valence-corrected chi connectivity index (χ2v) is 4.57. The molecule has 1 N–H and O–H groups in total. The normalized spacial score (nSPS) is 12.4. The van der Waals surface area contributed by atoms with Gasteiger partial charge in [-0.25, -0.2) is 0 Å². The molecule has 112 valence electrons. The van der Waals surface area contributed by atoms with Crippen molar-refractivity contribution in [1.29, 1.82) is 0 Å². The summed E-state index contributed by atoms with van der Waals surface area (Å²) in [5.41, 5.74) is 1.08. The van der Waals surface area contributed by atoms with Gasteiger partial charge in [0.2, 0.25) is 0 Å². The van der Waals surface area contributed by atoms with Crippen molar-refractivity contribution in [3.05, 3.63) is 35.9 Å². The molecule has 0 amide bonds. The van der Waals surface area contributed by atoms with E-state index in [1.165, 1.54) is 7.11 Å². The van der Waals surface area contributed by atoms with Crippen molar-refractivity contribution in [2.24, 2.45) is 0 Å². The lowest BCUT2D eigenvalue weighted by Crippen LogP contribution is -2.38. The predicted octanol–water partition coefficient (Wildman–Crippen LogP) is 1.06. The Morgan fingerprint density at radius 3 is 2.65 bits per heavy atom. The van der Waals surface area contributed by atoms with Gasteiger partial charge in [-0.2, -0.15) is 0 Å². The lowest BCUT2D eigenvalue weighted by atomic mass is 10.2. The Labute approximate surface area is 120 Å². The highest BCUT2D eigenvalue weighted by atomic mass is 16.5. The first-order chi connectivity index (χ1) is 9.65. The number of aliphatic hydroxyl groups excluding tert-OH is 1. The van der Waals surface area contributed by atoms with Crippen LogP contribution < -0.4 is 0 Å². The maximum Gasteiger partial charge on any atom is 0.320 e. The molecule has 0 heterocycles. The Morgan fingerprint density at radius 1 is 1.35 bits per heavy atom. The molecule has 0 saturated carbocycles. The zero-order valence-electron chi connectivity index (χ0n) is 12.1. The molecule has 0 aliphatic carbocycles. The number of benzene rings is 1. The molecule has 5 nitrogen and oxygen atoms in total. The van der Waals surface area contributed by atoms with Crippen molar-refractivity contribution >= 4 is 5.97 Å². The fourth-order valence-corrected chi connectivity index (χ4v) is 1.96. The van der Waals surface area contributed by atoms with Gasteiger partial charge in [-0.15, -0.1) is 0 Å². The van der Waals surface area contributed by atoms with Gasteiger partial charge < -0.3 is 14.6 Å². The van der Waals surface area contributed by atoms with Crippen LogP contribution in [0.25, 0.3) is 0 Å². The smallest absolute Gasteiger partial charge is 0.320 e. The third kappa shape index (κ3) is 6.65. The van der Waals surface area contributed by atoms with E-state index in [0.29, 0.717) is 19.7 Å². The third-order valence-electron chi connectivity index (χ3n) is 2.74. The molecule has 0 aliphatic heterocycles. The molecule has 0 unspecified atom stereocenters. The Bertz CT molecular complexity index is 383. The molecule has 0 aromatic heterocycles. The topological polar surface area (TPSA) is 59.0 Å². The third-order valence-corrected chi connectivity index (χ3v) is 2.74. The molecule has 0 radical (unpaired) electrons. The van der Waals surface area contributed by atoms with Gasteiger partial charge in [-0.1, -0.05) is 30.3 Å². The van der Waals surface area contributed by atoms with Crippen LogP contribution in [0.1, 0.15) is 12.5 Å². The molecular weight excluding hydrogens is 258 g/mol. The summed E-state index contributed by atoms with van der Waals surface area (Å²) < 4.78 is 9.87. The maximum atomic E-state index is 11.6. The van der Waals surface area contributed by atoms with E-state index in [-0.39, 0.29) is 19.1 Å².